The van der Waals surface area contributed by atoms with Crippen molar-refractivity contribution in [1.29, 1.82) is 0 Å². The Hall–Kier alpha value is -3.15. The molecule has 0 aliphatic carbocycles. The standard InChI is InChI=1S/C22H27N5O3S.CH2O2/c1-30-17-8-12-26(15-17)18-5-2-3-7-21(18)31(28,29)27-16-20(25-13-10-23-11-14-25)22-19(27)6-4-9-24-22;2-1-3/h2-7,9,16-17,23H,8,10-15H2,1H3;1H,(H,2,3). The van der Waals surface area contributed by atoms with E-state index < -0.39 is 10.0 Å². The molecule has 0 amide bonds. The normalized spacial score (nSPS) is 18.6. The molecule has 2 aromatic heterocycles. The van der Waals surface area contributed by atoms with Crippen molar-refractivity contribution >= 4 is 38.9 Å². The Morgan fingerprint density at radius 2 is 1.82 bits per heavy atom. The second-order valence-corrected chi connectivity index (χ2v) is 9.87. The number of rotatable bonds is 5. The number of piperazine rings is 1. The molecule has 182 valence electrons. The number of para-hydroxylation sites is 1. The first kappa shape index (κ1) is 24.0. The van der Waals surface area contributed by atoms with Crippen LogP contribution in [0.3, 0.4) is 0 Å². The largest absolute Gasteiger partial charge is 0.483 e. The molecule has 2 fully saturated rings. The first-order chi connectivity index (χ1) is 16.5. The average molecular weight is 488 g/mol. The molecule has 2 N–H and O–H groups in total. The maximum Gasteiger partial charge on any atom is 0.290 e. The highest BCUT2D eigenvalue weighted by Crippen LogP contribution is 2.34. The van der Waals surface area contributed by atoms with Gasteiger partial charge in [-0.2, -0.15) is 0 Å². The average Bonchev–Trinajstić information content (AvgIpc) is 3.51. The van der Waals surface area contributed by atoms with E-state index in [4.69, 9.17) is 14.6 Å². The van der Waals surface area contributed by atoms with E-state index in [0.717, 1.165) is 50.5 Å². The Balaban J connectivity index is 0.000000868. The molecular formula is C23H29N5O5S. The number of carboxylic acid groups (broad SMARTS) is 1. The van der Waals surface area contributed by atoms with Gasteiger partial charge >= 0.3 is 0 Å². The molecule has 4 heterocycles. The molecule has 1 unspecified atom stereocenters. The minimum Gasteiger partial charge on any atom is -0.483 e. The zero-order chi connectivity index (χ0) is 24.1. The van der Waals surface area contributed by atoms with Crippen LogP contribution in [0.2, 0.25) is 0 Å². The highest BCUT2D eigenvalue weighted by Gasteiger charge is 2.30. The first-order valence-corrected chi connectivity index (χ1v) is 12.6. The second kappa shape index (κ2) is 10.4. The highest BCUT2D eigenvalue weighted by molar-refractivity contribution is 7.90. The molecule has 0 bridgehead atoms. The molecule has 10 nitrogen and oxygen atoms in total. The number of carbonyl (C=O) groups is 1. The van der Waals surface area contributed by atoms with Crippen LogP contribution in [0, 0.1) is 0 Å². The van der Waals surface area contributed by atoms with Gasteiger partial charge in [0.1, 0.15) is 10.4 Å². The van der Waals surface area contributed by atoms with E-state index in [9.17, 15) is 8.42 Å². The highest BCUT2D eigenvalue weighted by atomic mass is 32.2. The SMILES string of the molecule is COC1CCN(c2ccccc2S(=O)(=O)n2cc(N3CCNCC3)c3ncccc32)C1.O=CO. The summed E-state index contributed by atoms with van der Waals surface area (Å²) in [6, 6.07) is 10.8. The smallest absolute Gasteiger partial charge is 0.290 e. The van der Waals surface area contributed by atoms with Crippen molar-refractivity contribution in [3.05, 3.63) is 48.8 Å². The number of nitrogens with zero attached hydrogens (tertiary/aromatic N) is 4. The molecule has 2 saturated heterocycles. The topological polar surface area (TPSA) is 117 Å². The Kier molecular flexibility index (Phi) is 7.35. The van der Waals surface area contributed by atoms with Crippen molar-refractivity contribution in [1.82, 2.24) is 14.3 Å². The third kappa shape index (κ3) is 4.59. The van der Waals surface area contributed by atoms with Crippen LogP contribution < -0.4 is 15.1 Å². The number of pyridine rings is 1. The van der Waals surface area contributed by atoms with E-state index in [1.807, 2.05) is 18.2 Å². The van der Waals surface area contributed by atoms with Gasteiger partial charge in [-0.1, -0.05) is 12.1 Å². The number of nitrogens with one attached hydrogen (secondary N) is 1. The van der Waals surface area contributed by atoms with E-state index >= 15 is 0 Å². The van der Waals surface area contributed by atoms with E-state index in [2.05, 4.69) is 20.1 Å². The van der Waals surface area contributed by atoms with Crippen molar-refractivity contribution in [2.75, 3.05) is 56.2 Å². The van der Waals surface area contributed by atoms with Crippen molar-refractivity contribution in [3.63, 3.8) is 0 Å². The number of hydrogen-bond donors (Lipinski definition) is 2. The van der Waals surface area contributed by atoms with Crippen LogP contribution in [0.25, 0.3) is 11.0 Å². The lowest BCUT2D eigenvalue weighted by Gasteiger charge is -2.28. The van der Waals surface area contributed by atoms with Gasteiger partial charge in [0.15, 0.2) is 0 Å². The first-order valence-electron chi connectivity index (χ1n) is 11.1. The summed E-state index contributed by atoms with van der Waals surface area (Å²) in [7, 11) is -2.12. The van der Waals surface area contributed by atoms with Crippen LogP contribution in [0.1, 0.15) is 6.42 Å². The van der Waals surface area contributed by atoms with Crippen molar-refractivity contribution < 1.29 is 23.1 Å². The van der Waals surface area contributed by atoms with Crippen LogP contribution in [-0.4, -0.2) is 81.4 Å². The lowest BCUT2D eigenvalue weighted by molar-refractivity contribution is -0.122. The Morgan fingerprint density at radius 1 is 1.09 bits per heavy atom. The van der Waals surface area contributed by atoms with Gasteiger partial charge in [0.25, 0.3) is 16.5 Å². The number of fused-ring (bicyclic) bond motifs is 1. The zero-order valence-corrected chi connectivity index (χ0v) is 19.8. The summed E-state index contributed by atoms with van der Waals surface area (Å²) in [4.78, 5) is 17.5. The number of benzene rings is 1. The predicted octanol–water partition coefficient (Wildman–Crippen LogP) is 1.61. The number of ether oxygens (including phenoxy) is 1. The van der Waals surface area contributed by atoms with Gasteiger partial charge in [-0.3, -0.25) is 9.78 Å². The number of methoxy groups -OCH3 is 1. The van der Waals surface area contributed by atoms with E-state index in [0.29, 0.717) is 22.5 Å². The maximum absolute atomic E-state index is 13.9. The molecule has 5 rings (SSSR count). The van der Waals surface area contributed by atoms with Gasteiger partial charge in [0, 0.05) is 58.8 Å². The van der Waals surface area contributed by atoms with Gasteiger partial charge in [0.2, 0.25) is 0 Å². The van der Waals surface area contributed by atoms with E-state index in [1.165, 1.54) is 3.97 Å². The lowest BCUT2D eigenvalue weighted by Crippen LogP contribution is -2.43. The fourth-order valence-corrected chi connectivity index (χ4v) is 6.10. The number of hydrogen-bond acceptors (Lipinski definition) is 8. The monoisotopic (exact) mass is 487 g/mol. The lowest BCUT2D eigenvalue weighted by atomic mass is 10.3. The second-order valence-electron chi connectivity index (χ2n) is 8.09. The molecule has 2 aliphatic heterocycles. The summed E-state index contributed by atoms with van der Waals surface area (Å²) < 4.78 is 34.7. The molecule has 34 heavy (non-hydrogen) atoms. The Morgan fingerprint density at radius 3 is 2.53 bits per heavy atom. The van der Waals surface area contributed by atoms with Gasteiger partial charge in [0.05, 0.1) is 23.0 Å². The van der Waals surface area contributed by atoms with E-state index in [-0.39, 0.29) is 12.6 Å². The predicted molar refractivity (Wildman–Crippen MR) is 130 cm³/mol. The van der Waals surface area contributed by atoms with Gasteiger partial charge in [-0.05, 0) is 30.7 Å². The summed E-state index contributed by atoms with van der Waals surface area (Å²) in [6.07, 6.45) is 4.45. The third-order valence-electron chi connectivity index (χ3n) is 6.18. The van der Waals surface area contributed by atoms with Crippen LogP contribution in [-0.2, 0) is 19.6 Å². The fourth-order valence-electron chi connectivity index (χ4n) is 4.53. The molecular weight excluding hydrogens is 458 g/mol. The zero-order valence-electron chi connectivity index (χ0n) is 19.0. The molecule has 2 aliphatic rings. The molecule has 0 spiro atoms. The van der Waals surface area contributed by atoms with Crippen molar-refractivity contribution in [2.24, 2.45) is 0 Å². The van der Waals surface area contributed by atoms with Crippen LogP contribution in [0.15, 0.2) is 53.7 Å². The summed E-state index contributed by atoms with van der Waals surface area (Å²) in [5, 5.41) is 10.2. The summed E-state index contributed by atoms with van der Waals surface area (Å²) in [5.41, 5.74) is 2.89. The van der Waals surface area contributed by atoms with Crippen LogP contribution >= 0.6 is 0 Å². The molecule has 3 aromatic rings. The van der Waals surface area contributed by atoms with Crippen molar-refractivity contribution in [2.45, 2.75) is 17.4 Å². The summed E-state index contributed by atoms with van der Waals surface area (Å²) in [5.74, 6) is 0. The quantitative estimate of drug-likeness (QED) is 0.518. The third-order valence-corrected chi connectivity index (χ3v) is 7.91. The number of aromatic nitrogens is 2. The van der Waals surface area contributed by atoms with Gasteiger partial charge in [-0.15, -0.1) is 0 Å². The van der Waals surface area contributed by atoms with Crippen molar-refractivity contribution in [3.8, 4) is 0 Å². The number of anilines is 2. The minimum atomic E-state index is -3.82. The molecule has 0 radical (unpaired) electrons. The molecule has 11 heteroatoms. The molecule has 0 saturated carbocycles. The van der Waals surface area contributed by atoms with Crippen LogP contribution in [0.4, 0.5) is 11.4 Å². The maximum atomic E-state index is 13.9. The summed E-state index contributed by atoms with van der Waals surface area (Å²) in [6.45, 7) is 4.57. The minimum absolute atomic E-state index is 0.117. The van der Waals surface area contributed by atoms with Crippen LogP contribution in [0.5, 0.6) is 0 Å². The fraction of sp³-hybridized carbons (Fsp3) is 0.391. The van der Waals surface area contributed by atoms with Gasteiger partial charge < -0.3 is 25.0 Å². The van der Waals surface area contributed by atoms with E-state index in [1.54, 1.807) is 37.7 Å². The summed E-state index contributed by atoms with van der Waals surface area (Å²) >= 11 is 0. The molecule has 1 atom stereocenters. The molecule has 1 aromatic carbocycles. The Bertz CT molecular complexity index is 1240. The Labute approximate surface area is 198 Å². The van der Waals surface area contributed by atoms with Gasteiger partial charge in [-0.25, -0.2) is 12.4 Å².